The number of β-amino-alcohol motifs (C(OH)–C–C–N with tert-alkyl or cyclic N) is 2. The van der Waals surface area contributed by atoms with Gasteiger partial charge in [-0.1, -0.05) is 0 Å². The predicted molar refractivity (Wildman–Crippen MR) is 97.2 cm³/mol. The van der Waals surface area contributed by atoms with Crippen LogP contribution in [0.3, 0.4) is 0 Å². The van der Waals surface area contributed by atoms with Gasteiger partial charge in [-0.25, -0.2) is 4.98 Å². The maximum atomic E-state index is 12.3. The molecule has 2 atom stereocenters. The number of alkyl halides is 3. The van der Waals surface area contributed by atoms with Crippen molar-refractivity contribution in [1.82, 2.24) is 4.98 Å². The molecule has 2 unspecified atom stereocenters. The predicted octanol–water partition coefficient (Wildman–Crippen LogP) is 2.54. The van der Waals surface area contributed by atoms with Crippen LogP contribution >= 0.6 is 15.9 Å². The maximum absolute atomic E-state index is 12.3. The summed E-state index contributed by atoms with van der Waals surface area (Å²) in [5, 5.41) is 21.8. The third kappa shape index (κ3) is 4.91. The van der Waals surface area contributed by atoms with E-state index in [4.69, 9.17) is 0 Å². The van der Waals surface area contributed by atoms with E-state index in [0.717, 1.165) is 12.1 Å². The Kier molecular flexibility index (Phi) is 5.77. The van der Waals surface area contributed by atoms with E-state index in [-0.39, 0.29) is 24.3 Å². The number of aliphatic hydroxyl groups excluding tert-OH is 2. The summed E-state index contributed by atoms with van der Waals surface area (Å²) in [5.41, 5.74) is 0.497. The summed E-state index contributed by atoms with van der Waals surface area (Å²) in [6.07, 6.45) is -5.21. The summed E-state index contributed by atoms with van der Waals surface area (Å²) in [5.74, 6) is -0.430. The lowest BCUT2D eigenvalue weighted by Crippen LogP contribution is -2.23. The second-order valence-corrected chi connectivity index (χ2v) is 6.95. The van der Waals surface area contributed by atoms with Crippen LogP contribution in [0.5, 0.6) is 5.75 Å². The fourth-order valence-corrected chi connectivity index (χ4v) is 3.27. The number of pyridine rings is 1. The van der Waals surface area contributed by atoms with Crippen LogP contribution in [0.15, 0.2) is 41.0 Å². The van der Waals surface area contributed by atoms with Gasteiger partial charge in [-0.15, -0.1) is 13.2 Å². The van der Waals surface area contributed by atoms with Crippen LogP contribution in [-0.4, -0.2) is 52.8 Å². The molecule has 2 heterocycles. The number of benzene rings is 1. The highest BCUT2D eigenvalue weighted by Crippen LogP contribution is 2.28. The number of nitrogens with one attached hydrogen (secondary N) is 1. The molecule has 3 N–H and O–H groups in total. The number of ether oxygens (including phenoxy) is 1. The van der Waals surface area contributed by atoms with E-state index in [1.165, 1.54) is 24.4 Å². The van der Waals surface area contributed by atoms with Gasteiger partial charge in [0, 0.05) is 25.0 Å². The van der Waals surface area contributed by atoms with E-state index < -0.39 is 30.2 Å². The number of carbonyl (C=O) groups is 1. The lowest BCUT2D eigenvalue weighted by molar-refractivity contribution is -0.274. The molecule has 1 amide bonds. The molecule has 0 radical (unpaired) electrons. The average molecular weight is 462 g/mol. The van der Waals surface area contributed by atoms with Crippen molar-refractivity contribution in [3.05, 3.63) is 46.6 Å². The second-order valence-electron chi connectivity index (χ2n) is 6.10. The molecule has 1 aliphatic rings. The average Bonchev–Trinajstić information content (AvgIpc) is 2.94. The minimum absolute atomic E-state index is 0.213. The van der Waals surface area contributed by atoms with Gasteiger partial charge in [-0.3, -0.25) is 4.79 Å². The van der Waals surface area contributed by atoms with Crippen LogP contribution in [0, 0.1) is 0 Å². The molecule has 3 rings (SSSR count). The van der Waals surface area contributed by atoms with Crippen molar-refractivity contribution in [1.29, 1.82) is 0 Å². The fraction of sp³-hybridized carbons (Fsp3) is 0.294. The number of nitrogens with zero attached hydrogens (tertiary/aromatic N) is 2. The Morgan fingerprint density at radius 1 is 1.21 bits per heavy atom. The topological polar surface area (TPSA) is 94.9 Å². The van der Waals surface area contributed by atoms with Crippen LogP contribution < -0.4 is 15.0 Å². The molecule has 1 aromatic carbocycles. The Morgan fingerprint density at radius 3 is 2.36 bits per heavy atom. The van der Waals surface area contributed by atoms with Crippen molar-refractivity contribution in [3.8, 4) is 5.75 Å². The zero-order valence-corrected chi connectivity index (χ0v) is 15.7. The number of amides is 1. The van der Waals surface area contributed by atoms with Crippen molar-refractivity contribution < 1.29 is 32.9 Å². The molecule has 150 valence electrons. The summed E-state index contributed by atoms with van der Waals surface area (Å²) in [6, 6.07) is 6.26. The standard InChI is InChI=1S/C17H15BrF3N3O4/c18-12-5-9(6-22-15(12)24-7-13(25)14(26)8-24)16(27)23-10-1-3-11(4-2-10)28-17(19,20)21/h1-6,13-14,25-26H,7-8H2,(H,23,27). The highest BCUT2D eigenvalue weighted by atomic mass is 79.9. The van der Waals surface area contributed by atoms with Gasteiger partial charge in [0.1, 0.15) is 11.6 Å². The Hall–Kier alpha value is -2.37. The van der Waals surface area contributed by atoms with Gasteiger partial charge in [0.15, 0.2) is 0 Å². The number of halogens is 4. The first kappa shape index (κ1) is 20.4. The second kappa shape index (κ2) is 7.94. The Labute approximate surface area is 165 Å². The quantitative estimate of drug-likeness (QED) is 0.647. The Morgan fingerprint density at radius 2 is 1.82 bits per heavy atom. The molecular weight excluding hydrogens is 447 g/mol. The zero-order valence-electron chi connectivity index (χ0n) is 14.2. The van der Waals surface area contributed by atoms with Crippen molar-refractivity contribution in [2.24, 2.45) is 0 Å². The molecule has 1 saturated heterocycles. The Bertz CT molecular complexity index is 854. The molecule has 2 aromatic rings. The number of carbonyl (C=O) groups excluding carboxylic acids is 1. The van der Waals surface area contributed by atoms with Crippen molar-refractivity contribution in [2.45, 2.75) is 18.6 Å². The minimum Gasteiger partial charge on any atom is -0.406 e. The zero-order chi connectivity index (χ0) is 20.5. The van der Waals surface area contributed by atoms with Crippen LogP contribution in [0.2, 0.25) is 0 Å². The van der Waals surface area contributed by atoms with Gasteiger partial charge < -0.3 is 25.2 Å². The number of aliphatic hydroxyl groups is 2. The van der Waals surface area contributed by atoms with Crippen LogP contribution in [0.4, 0.5) is 24.7 Å². The van der Waals surface area contributed by atoms with E-state index in [1.54, 1.807) is 4.90 Å². The molecule has 1 fully saturated rings. The van der Waals surface area contributed by atoms with Gasteiger partial charge in [0.2, 0.25) is 0 Å². The molecule has 0 aliphatic carbocycles. The molecule has 11 heteroatoms. The lowest BCUT2D eigenvalue weighted by Gasteiger charge is -2.18. The van der Waals surface area contributed by atoms with Crippen LogP contribution in [0.25, 0.3) is 0 Å². The van der Waals surface area contributed by atoms with Crippen LogP contribution in [0.1, 0.15) is 10.4 Å². The van der Waals surface area contributed by atoms with E-state index >= 15 is 0 Å². The van der Waals surface area contributed by atoms with Crippen LogP contribution in [-0.2, 0) is 0 Å². The molecule has 0 bridgehead atoms. The molecule has 0 spiro atoms. The molecule has 1 aliphatic heterocycles. The summed E-state index contributed by atoms with van der Waals surface area (Å²) in [7, 11) is 0. The summed E-state index contributed by atoms with van der Waals surface area (Å²) < 4.78 is 40.8. The van der Waals surface area contributed by atoms with E-state index in [2.05, 4.69) is 31.0 Å². The van der Waals surface area contributed by atoms with Crippen molar-refractivity contribution in [2.75, 3.05) is 23.3 Å². The summed E-state index contributed by atoms with van der Waals surface area (Å²) >= 11 is 3.32. The fourth-order valence-electron chi connectivity index (χ4n) is 2.67. The van der Waals surface area contributed by atoms with Crippen molar-refractivity contribution >= 4 is 33.3 Å². The SMILES string of the molecule is O=C(Nc1ccc(OC(F)(F)F)cc1)c1cnc(N2CC(O)C(O)C2)c(Br)c1. The number of aromatic nitrogens is 1. The van der Waals surface area contributed by atoms with E-state index in [0.29, 0.717) is 10.3 Å². The largest absolute Gasteiger partial charge is 0.573 e. The molecule has 0 saturated carbocycles. The highest BCUT2D eigenvalue weighted by Gasteiger charge is 2.32. The number of anilines is 2. The smallest absolute Gasteiger partial charge is 0.406 e. The van der Waals surface area contributed by atoms with Gasteiger partial charge in [0.05, 0.1) is 22.2 Å². The van der Waals surface area contributed by atoms with Gasteiger partial charge in [-0.2, -0.15) is 0 Å². The third-order valence-corrected chi connectivity index (χ3v) is 4.57. The number of hydrogen-bond acceptors (Lipinski definition) is 6. The van der Waals surface area contributed by atoms with E-state index in [1.807, 2.05) is 0 Å². The normalized spacial score (nSPS) is 19.6. The number of hydrogen-bond donors (Lipinski definition) is 3. The monoisotopic (exact) mass is 461 g/mol. The maximum Gasteiger partial charge on any atom is 0.573 e. The summed E-state index contributed by atoms with van der Waals surface area (Å²) in [4.78, 5) is 18.2. The van der Waals surface area contributed by atoms with Crippen molar-refractivity contribution in [3.63, 3.8) is 0 Å². The highest BCUT2D eigenvalue weighted by molar-refractivity contribution is 9.10. The molecular formula is C17H15BrF3N3O4. The molecule has 28 heavy (non-hydrogen) atoms. The molecule has 7 nitrogen and oxygen atoms in total. The third-order valence-electron chi connectivity index (χ3n) is 3.99. The first-order chi connectivity index (χ1) is 13.1. The molecule has 1 aromatic heterocycles. The minimum atomic E-state index is -4.79. The van der Waals surface area contributed by atoms with E-state index in [9.17, 15) is 28.2 Å². The van der Waals surface area contributed by atoms with Gasteiger partial charge in [0.25, 0.3) is 5.91 Å². The Balaban J connectivity index is 1.67. The van der Waals surface area contributed by atoms with Gasteiger partial charge >= 0.3 is 6.36 Å². The lowest BCUT2D eigenvalue weighted by atomic mass is 10.2. The first-order valence-corrected chi connectivity index (χ1v) is 8.85. The summed E-state index contributed by atoms with van der Waals surface area (Å²) in [6.45, 7) is 0.426. The first-order valence-electron chi connectivity index (χ1n) is 8.06. The number of rotatable bonds is 4. The van der Waals surface area contributed by atoms with Gasteiger partial charge in [-0.05, 0) is 46.3 Å².